The van der Waals surface area contributed by atoms with Crippen molar-refractivity contribution in [1.29, 1.82) is 0 Å². The van der Waals surface area contributed by atoms with Crippen LogP contribution in [0.3, 0.4) is 0 Å². The first-order valence-corrected chi connectivity index (χ1v) is 9.76. The minimum absolute atomic E-state index is 0.0287. The van der Waals surface area contributed by atoms with E-state index in [1.54, 1.807) is 13.8 Å². The first kappa shape index (κ1) is 19.7. The molecule has 4 aliphatic rings. The second kappa shape index (κ2) is 5.51. The highest BCUT2D eigenvalue weighted by Crippen LogP contribution is 2.70. The van der Waals surface area contributed by atoms with Gasteiger partial charge in [0.2, 0.25) is 0 Å². The number of halogens is 2. The Morgan fingerprint density at radius 3 is 2.50 bits per heavy atom. The van der Waals surface area contributed by atoms with Crippen molar-refractivity contribution in [3.05, 3.63) is 23.8 Å². The number of fused-ring (bicyclic) bond motifs is 5. The van der Waals surface area contributed by atoms with Gasteiger partial charge in [-0.2, -0.15) is 0 Å². The van der Waals surface area contributed by atoms with Crippen molar-refractivity contribution < 1.29 is 33.7 Å². The van der Waals surface area contributed by atoms with E-state index in [2.05, 4.69) is 0 Å². The van der Waals surface area contributed by atoms with E-state index in [9.17, 15) is 24.9 Å². The van der Waals surface area contributed by atoms with Gasteiger partial charge in [-0.25, -0.2) is 13.6 Å². The van der Waals surface area contributed by atoms with Gasteiger partial charge in [0.1, 0.15) is 6.17 Å². The van der Waals surface area contributed by atoms with E-state index < -0.39 is 63.9 Å². The molecule has 9 atom stereocenters. The number of carbonyl (C=O) groups excluding carboxylic acids is 1. The molecule has 4 rings (SSSR count). The molecule has 3 saturated carbocycles. The summed E-state index contributed by atoms with van der Waals surface area (Å²) >= 11 is 0. The van der Waals surface area contributed by atoms with Crippen LogP contribution in [0.5, 0.6) is 0 Å². The summed E-state index contributed by atoms with van der Waals surface area (Å²) in [5, 5.41) is 31.8. The van der Waals surface area contributed by atoms with Gasteiger partial charge in [-0.15, -0.1) is 0 Å². The first-order chi connectivity index (χ1) is 12.8. The van der Waals surface area contributed by atoms with Gasteiger partial charge in [0, 0.05) is 16.7 Å². The molecule has 0 aliphatic heterocycles. The highest BCUT2D eigenvalue weighted by Gasteiger charge is 2.76. The number of rotatable bonds is 1. The number of aliphatic carboxylic acids is 1. The Morgan fingerprint density at radius 2 is 1.89 bits per heavy atom. The summed E-state index contributed by atoms with van der Waals surface area (Å²) in [6.07, 6.45) is 0.214. The van der Waals surface area contributed by atoms with E-state index in [1.165, 1.54) is 19.1 Å². The number of aliphatic hydroxyl groups is 2. The Morgan fingerprint density at radius 1 is 1.25 bits per heavy atom. The van der Waals surface area contributed by atoms with Crippen LogP contribution in [0.15, 0.2) is 23.8 Å². The summed E-state index contributed by atoms with van der Waals surface area (Å²) in [4.78, 5) is 23.7. The molecule has 5 nitrogen and oxygen atoms in total. The molecule has 0 amide bonds. The topological polar surface area (TPSA) is 94.8 Å². The van der Waals surface area contributed by atoms with Gasteiger partial charge >= 0.3 is 5.97 Å². The summed E-state index contributed by atoms with van der Waals surface area (Å²) in [7, 11) is 0. The molecule has 0 aromatic heterocycles. The molecule has 28 heavy (non-hydrogen) atoms. The van der Waals surface area contributed by atoms with E-state index in [0.29, 0.717) is 0 Å². The third-order valence-corrected chi connectivity index (χ3v) is 8.54. The zero-order valence-corrected chi connectivity index (χ0v) is 16.2. The molecule has 7 heteroatoms. The predicted molar refractivity (Wildman–Crippen MR) is 95.8 cm³/mol. The second-order valence-electron chi connectivity index (χ2n) is 9.57. The molecule has 0 aromatic carbocycles. The average Bonchev–Trinajstić information content (AvgIpc) is 2.81. The fraction of sp³-hybridized carbons (Fsp3) is 0.714. The number of alkyl halides is 2. The molecule has 0 radical (unpaired) electrons. The fourth-order valence-corrected chi connectivity index (χ4v) is 7.00. The number of hydrogen-bond acceptors (Lipinski definition) is 4. The molecule has 0 spiro atoms. The van der Waals surface area contributed by atoms with Crippen molar-refractivity contribution in [3.8, 4) is 0 Å². The van der Waals surface area contributed by atoms with Crippen LogP contribution in [0.4, 0.5) is 8.78 Å². The number of ketones is 1. The van der Waals surface area contributed by atoms with Gasteiger partial charge in [-0.05, 0) is 55.7 Å². The number of carboxylic acid groups (broad SMARTS) is 1. The molecule has 154 valence electrons. The van der Waals surface area contributed by atoms with Crippen LogP contribution in [-0.2, 0) is 9.59 Å². The highest BCUT2D eigenvalue weighted by atomic mass is 19.1. The molecule has 0 saturated heterocycles. The molecule has 0 heterocycles. The van der Waals surface area contributed by atoms with Gasteiger partial charge in [-0.1, -0.05) is 19.9 Å². The summed E-state index contributed by atoms with van der Waals surface area (Å²) < 4.78 is 31.9. The van der Waals surface area contributed by atoms with Crippen LogP contribution >= 0.6 is 0 Å². The summed E-state index contributed by atoms with van der Waals surface area (Å²) in [5.74, 6) is -4.07. The van der Waals surface area contributed by atoms with Crippen LogP contribution in [0.2, 0.25) is 0 Å². The lowest BCUT2D eigenvalue weighted by Crippen LogP contribution is -2.70. The maximum atomic E-state index is 16.8. The quantitative estimate of drug-likeness (QED) is 0.633. The number of allylic oxidation sites excluding steroid dienone is 4. The van der Waals surface area contributed by atoms with Crippen molar-refractivity contribution in [2.24, 2.45) is 28.6 Å². The standard InChI is InChI=1S/C21H26F2O5/c1-10-6-12-13-8-15(22)14-7-11(24)4-5-18(14,2)20(13,23)16(25)9-19(12,3)21(10,28)17(26)27/h4-5,7,10,12-13,15-16,25,28H,6,8-9H2,1-3H3,(H,26,27)/t10-,12-,13+,15+,16+,18+,19+,20+,21-/m1/s1. The molecule has 0 bridgehead atoms. The summed E-state index contributed by atoms with van der Waals surface area (Å²) in [5.41, 5.74) is -7.14. The van der Waals surface area contributed by atoms with E-state index in [1.807, 2.05) is 0 Å². The summed E-state index contributed by atoms with van der Waals surface area (Å²) in [6.45, 7) is 4.67. The predicted octanol–water partition coefficient (Wildman–Crippen LogP) is 2.37. The molecule has 0 aromatic rings. The third-order valence-electron chi connectivity index (χ3n) is 8.54. The van der Waals surface area contributed by atoms with Crippen LogP contribution in [0.25, 0.3) is 0 Å². The van der Waals surface area contributed by atoms with Gasteiger partial charge in [0.05, 0.1) is 6.10 Å². The number of hydrogen-bond donors (Lipinski definition) is 3. The van der Waals surface area contributed by atoms with E-state index in [-0.39, 0.29) is 24.8 Å². The largest absolute Gasteiger partial charge is 0.479 e. The van der Waals surface area contributed by atoms with Crippen LogP contribution < -0.4 is 0 Å². The van der Waals surface area contributed by atoms with Crippen LogP contribution in [0.1, 0.15) is 40.0 Å². The van der Waals surface area contributed by atoms with E-state index in [0.717, 1.165) is 6.08 Å². The SMILES string of the molecule is C[C@@H]1C[C@@H]2[C@@H]3C[C@H](F)C4=CC(=O)C=C[C@]4(C)[C@@]3(F)[C@@H](O)C[C@]2(C)[C@]1(O)C(=O)O. The molecular weight excluding hydrogens is 370 g/mol. The Bertz CT molecular complexity index is 824. The molecule has 3 fully saturated rings. The maximum Gasteiger partial charge on any atom is 0.336 e. The lowest BCUT2D eigenvalue weighted by molar-refractivity contribution is -0.229. The Hall–Kier alpha value is -1.60. The van der Waals surface area contributed by atoms with Crippen molar-refractivity contribution in [2.75, 3.05) is 0 Å². The Kier molecular flexibility index (Phi) is 3.88. The van der Waals surface area contributed by atoms with E-state index in [4.69, 9.17) is 0 Å². The lowest BCUT2D eigenvalue weighted by Gasteiger charge is -2.62. The minimum Gasteiger partial charge on any atom is -0.479 e. The van der Waals surface area contributed by atoms with Gasteiger partial charge in [-0.3, -0.25) is 4.79 Å². The molecule has 4 aliphatic carbocycles. The minimum atomic E-state index is -2.26. The number of aliphatic hydroxyl groups excluding tert-OH is 1. The van der Waals surface area contributed by atoms with Crippen molar-refractivity contribution in [1.82, 2.24) is 0 Å². The Balaban J connectivity index is 1.88. The smallest absolute Gasteiger partial charge is 0.336 e. The van der Waals surface area contributed by atoms with Crippen LogP contribution in [0, 0.1) is 28.6 Å². The average molecular weight is 396 g/mol. The maximum absolute atomic E-state index is 16.8. The Labute approximate surface area is 162 Å². The van der Waals surface area contributed by atoms with Gasteiger partial charge in [0.15, 0.2) is 17.1 Å². The first-order valence-electron chi connectivity index (χ1n) is 9.76. The summed E-state index contributed by atoms with van der Waals surface area (Å²) in [6, 6.07) is 0. The van der Waals surface area contributed by atoms with Crippen LogP contribution in [-0.4, -0.2) is 50.6 Å². The molecular formula is C21H26F2O5. The zero-order chi connectivity index (χ0) is 20.9. The molecule has 3 N–H and O–H groups in total. The fourth-order valence-electron chi connectivity index (χ4n) is 7.00. The normalized spacial score (nSPS) is 55.2. The van der Waals surface area contributed by atoms with Crippen molar-refractivity contribution in [3.63, 3.8) is 0 Å². The molecule has 0 unspecified atom stereocenters. The lowest BCUT2D eigenvalue weighted by atomic mass is 9.44. The van der Waals surface area contributed by atoms with Gasteiger partial charge < -0.3 is 15.3 Å². The highest BCUT2D eigenvalue weighted by molar-refractivity contribution is 6.01. The van der Waals surface area contributed by atoms with Crippen molar-refractivity contribution >= 4 is 11.8 Å². The number of carboxylic acids is 1. The van der Waals surface area contributed by atoms with Gasteiger partial charge in [0.25, 0.3) is 0 Å². The number of carbonyl (C=O) groups is 2. The zero-order valence-electron chi connectivity index (χ0n) is 16.2. The monoisotopic (exact) mass is 396 g/mol. The second-order valence-corrected chi connectivity index (χ2v) is 9.57. The van der Waals surface area contributed by atoms with E-state index >= 15 is 8.78 Å². The van der Waals surface area contributed by atoms with Crippen molar-refractivity contribution in [2.45, 2.75) is 63.6 Å². The third kappa shape index (κ3) is 1.92.